The Morgan fingerprint density at radius 2 is 1.82 bits per heavy atom. The molecular formula is C25H22Cl2N2O4. The number of H-pyrrole nitrogens is 1. The van der Waals surface area contributed by atoms with Crippen LogP contribution in [0.2, 0.25) is 10.0 Å². The van der Waals surface area contributed by atoms with Gasteiger partial charge in [0.15, 0.2) is 11.5 Å². The highest BCUT2D eigenvalue weighted by molar-refractivity contribution is 6.42. The Morgan fingerprint density at radius 1 is 1.00 bits per heavy atom. The second kappa shape index (κ2) is 10.1. The van der Waals surface area contributed by atoms with Crippen molar-refractivity contribution in [1.29, 1.82) is 0 Å². The molecule has 1 atom stereocenters. The van der Waals surface area contributed by atoms with Crippen LogP contribution < -0.4 is 9.47 Å². The summed E-state index contributed by atoms with van der Waals surface area (Å²) >= 11 is 12.1. The molecule has 4 rings (SSSR count). The number of aromatic nitrogens is 1. The van der Waals surface area contributed by atoms with Gasteiger partial charge in [0.2, 0.25) is 6.54 Å². The smallest absolute Gasteiger partial charge is 0.214 e. The number of hydrogen-bond donors (Lipinski definition) is 1. The summed E-state index contributed by atoms with van der Waals surface area (Å²) in [5.74, 6) is 0.633. The molecule has 0 aliphatic heterocycles. The summed E-state index contributed by atoms with van der Waals surface area (Å²) in [4.78, 5) is 14.4. The molecule has 4 aromatic rings. The van der Waals surface area contributed by atoms with Crippen molar-refractivity contribution in [3.8, 4) is 11.5 Å². The first-order valence-electron chi connectivity index (χ1n) is 10.5. The number of benzene rings is 3. The minimum absolute atomic E-state index is 0.239. The minimum Gasteiger partial charge on any atom is -0.490 e. The van der Waals surface area contributed by atoms with Gasteiger partial charge in [0.05, 0.1) is 22.6 Å². The average molecular weight is 485 g/mol. The maximum absolute atomic E-state index is 11.5. The van der Waals surface area contributed by atoms with Crippen molar-refractivity contribution in [2.75, 3.05) is 13.2 Å². The molecule has 0 amide bonds. The van der Waals surface area contributed by atoms with Crippen molar-refractivity contribution >= 4 is 34.1 Å². The third-order valence-corrected chi connectivity index (χ3v) is 6.12. The predicted octanol–water partition coefficient (Wildman–Crippen LogP) is 6.86. The number of rotatable bonds is 9. The van der Waals surface area contributed by atoms with Crippen molar-refractivity contribution in [2.45, 2.75) is 19.4 Å². The van der Waals surface area contributed by atoms with Crippen LogP contribution in [0, 0.1) is 10.1 Å². The van der Waals surface area contributed by atoms with Gasteiger partial charge in [0.1, 0.15) is 6.61 Å². The van der Waals surface area contributed by atoms with E-state index in [0.717, 1.165) is 27.6 Å². The van der Waals surface area contributed by atoms with Crippen LogP contribution in [0.3, 0.4) is 0 Å². The lowest BCUT2D eigenvalue weighted by molar-refractivity contribution is -0.481. The number of nitro groups is 1. The SMILES string of the molecule is CCOc1cc([C@@H](C[N+](=O)[O-])c2c[nH]c3ccccc23)ccc1OCc1ccc(Cl)c(Cl)c1. The van der Waals surface area contributed by atoms with Gasteiger partial charge in [0, 0.05) is 22.0 Å². The average Bonchev–Trinajstić information content (AvgIpc) is 3.23. The van der Waals surface area contributed by atoms with E-state index in [-0.39, 0.29) is 18.1 Å². The molecule has 0 unspecified atom stereocenters. The molecule has 0 spiro atoms. The summed E-state index contributed by atoms with van der Waals surface area (Å²) in [6.07, 6.45) is 1.84. The molecule has 8 heteroatoms. The summed E-state index contributed by atoms with van der Waals surface area (Å²) in [7, 11) is 0. The summed E-state index contributed by atoms with van der Waals surface area (Å²) in [5.41, 5.74) is 3.45. The molecule has 0 radical (unpaired) electrons. The highest BCUT2D eigenvalue weighted by Crippen LogP contribution is 2.37. The molecule has 3 aromatic carbocycles. The maximum Gasteiger partial charge on any atom is 0.214 e. The van der Waals surface area contributed by atoms with Crippen molar-refractivity contribution in [3.63, 3.8) is 0 Å². The largest absolute Gasteiger partial charge is 0.490 e. The number of nitrogens with one attached hydrogen (secondary N) is 1. The second-order valence-corrected chi connectivity index (χ2v) is 8.35. The summed E-state index contributed by atoms with van der Waals surface area (Å²) in [6, 6.07) is 18.5. The van der Waals surface area contributed by atoms with Crippen LogP contribution in [0.4, 0.5) is 0 Å². The van der Waals surface area contributed by atoms with Crippen LogP contribution in [-0.2, 0) is 6.61 Å². The summed E-state index contributed by atoms with van der Waals surface area (Å²) in [6.45, 7) is 2.34. The van der Waals surface area contributed by atoms with E-state index in [4.69, 9.17) is 32.7 Å². The fraction of sp³-hybridized carbons (Fsp3) is 0.200. The molecule has 1 aromatic heterocycles. The molecule has 170 valence electrons. The van der Waals surface area contributed by atoms with E-state index in [1.807, 2.05) is 55.6 Å². The molecule has 0 bridgehead atoms. The van der Waals surface area contributed by atoms with Crippen LogP contribution in [0.15, 0.2) is 66.9 Å². The molecule has 0 aliphatic carbocycles. The number of nitrogens with zero attached hydrogens (tertiary/aromatic N) is 1. The van der Waals surface area contributed by atoms with Crippen LogP contribution in [0.25, 0.3) is 10.9 Å². The van der Waals surface area contributed by atoms with E-state index in [1.54, 1.807) is 18.2 Å². The highest BCUT2D eigenvalue weighted by atomic mass is 35.5. The Morgan fingerprint density at radius 3 is 2.58 bits per heavy atom. The zero-order valence-corrected chi connectivity index (χ0v) is 19.4. The molecule has 1 heterocycles. The minimum atomic E-state index is -0.445. The van der Waals surface area contributed by atoms with E-state index in [1.165, 1.54) is 0 Å². The maximum atomic E-state index is 11.5. The first-order valence-corrected chi connectivity index (χ1v) is 11.2. The van der Waals surface area contributed by atoms with Gasteiger partial charge in [-0.25, -0.2) is 0 Å². The van der Waals surface area contributed by atoms with E-state index < -0.39 is 5.92 Å². The van der Waals surface area contributed by atoms with E-state index in [9.17, 15) is 10.1 Å². The van der Waals surface area contributed by atoms with Crippen LogP contribution >= 0.6 is 23.2 Å². The van der Waals surface area contributed by atoms with Gasteiger partial charge in [0.25, 0.3) is 0 Å². The van der Waals surface area contributed by atoms with Gasteiger partial charge in [-0.05, 0) is 53.9 Å². The lowest BCUT2D eigenvalue weighted by Crippen LogP contribution is -2.14. The number of hydrogen-bond acceptors (Lipinski definition) is 4. The molecule has 0 fully saturated rings. The van der Waals surface area contributed by atoms with Gasteiger partial charge in [-0.15, -0.1) is 0 Å². The number of para-hydroxylation sites is 1. The third-order valence-electron chi connectivity index (χ3n) is 5.38. The van der Waals surface area contributed by atoms with E-state index in [2.05, 4.69) is 4.98 Å². The van der Waals surface area contributed by atoms with Crippen LogP contribution in [-0.4, -0.2) is 23.1 Å². The van der Waals surface area contributed by atoms with Crippen molar-refractivity contribution in [1.82, 2.24) is 4.98 Å². The Balaban J connectivity index is 1.66. The molecule has 0 saturated carbocycles. The number of aromatic amines is 1. The molecule has 0 saturated heterocycles. The molecule has 33 heavy (non-hydrogen) atoms. The Bertz CT molecular complexity index is 1290. The van der Waals surface area contributed by atoms with Gasteiger partial charge >= 0.3 is 0 Å². The first kappa shape index (κ1) is 23.0. The number of ether oxygens (including phenoxy) is 2. The normalized spacial score (nSPS) is 12.0. The second-order valence-electron chi connectivity index (χ2n) is 7.53. The third kappa shape index (κ3) is 5.24. The van der Waals surface area contributed by atoms with Gasteiger partial charge in [-0.1, -0.05) is 53.5 Å². The summed E-state index contributed by atoms with van der Waals surface area (Å²) in [5, 5.41) is 13.4. The van der Waals surface area contributed by atoms with Gasteiger partial charge < -0.3 is 14.5 Å². The lowest BCUT2D eigenvalue weighted by atomic mass is 9.90. The zero-order chi connectivity index (χ0) is 23.4. The predicted molar refractivity (Wildman–Crippen MR) is 130 cm³/mol. The Labute approximate surface area is 201 Å². The molecule has 0 aliphatic rings. The zero-order valence-electron chi connectivity index (χ0n) is 17.9. The van der Waals surface area contributed by atoms with Crippen molar-refractivity contribution in [2.24, 2.45) is 0 Å². The molecule has 1 N–H and O–H groups in total. The molecular weight excluding hydrogens is 463 g/mol. The summed E-state index contributed by atoms with van der Waals surface area (Å²) < 4.78 is 11.8. The van der Waals surface area contributed by atoms with E-state index in [0.29, 0.717) is 28.2 Å². The standard InChI is InChI=1S/C25H22Cl2N2O4/c1-2-32-25-12-17(8-10-24(25)33-15-16-7-9-21(26)22(27)11-16)20(14-29(30)31)19-13-28-23-6-4-3-5-18(19)23/h3-13,20,28H,2,14-15H2,1H3/t20-/m1/s1. The topological polar surface area (TPSA) is 77.4 Å². The van der Waals surface area contributed by atoms with Gasteiger partial charge in [-0.3, -0.25) is 10.1 Å². The van der Waals surface area contributed by atoms with Gasteiger partial charge in [-0.2, -0.15) is 0 Å². The molecule has 6 nitrogen and oxygen atoms in total. The Kier molecular flexibility index (Phi) is 7.06. The fourth-order valence-corrected chi connectivity index (χ4v) is 4.15. The van der Waals surface area contributed by atoms with Crippen molar-refractivity contribution in [3.05, 3.63) is 104 Å². The monoisotopic (exact) mass is 484 g/mol. The lowest BCUT2D eigenvalue weighted by Gasteiger charge is -2.17. The number of fused-ring (bicyclic) bond motifs is 1. The number of halogens is 2. The quantitative estimate of drug-likeness (QED) is 0.208. The first-order chi connectivity index (χ1) is 16.0. The fourth-order valence-electron chi connectivity index (χ4n) is 3.83. The highest BCUT2D eigenvalue weighted by Gasteiger charge is 2.24. The van der Waals surface area contributed by atoms with Crippen LogP contribution in [0.1, 0.15) is 29.5 Å². The van der Waals surface area contributed by atoms with Crippen LogP contribution in [0.5, 0.6) is 11.5 Å². The van der Waals surface area contributed by atoms with E-state index >= 15 is 0 Å². The Hall–Kier alpha value is -3.22. The van der Waals surface area contributed by atoms with Crippen molar-refractivity contribution < 1.29 is 14.4 Å².